The summed E-state index contributed by atoms with van der Waals surface area (Å²) in [6.45, 7) is 3.83. The predicted octanol–water partition coefficient (Wildman–Crippen LogP) is 2.79. The van der Waals surface area contributed by atoms with E-state index in [1.54, 1.807) is 31.4 Å². The number of carbonyl (C=O) groups is 1. The van der Waals surface area contributed by atoms with Gasteiger partial charge in [-0.25, -0.2) is 5.43 Å². The normalized spacial score (nSPS) is 10.3. The second-order valence-corrected chi connectivity index (χ2v) is 4.87. The molecule has 2 rings (SSSR count). The number of hydrogen-bond donors (Lipinski definition) is 1. The van der Waals surface area contributed by atoms with Gasteiger partial charge >= 0.3 is 0 Å². The van der Waals surface area contributed by atoms with E-state index in [1.807, 2.05) is 30.3 Å². The van der Waals surface area contributed by atoms with E-state index in [0.717, 1.165) is 5.56 Å². The molecule has 0 aromatic heterocycles. The lowest BCUT2D eigenvalue weighted by Crippen LogP contribution is -2.24. The minimum atomic E-state index is -0.383. The standard InChI is InChI=1S/C19H20N2O4/c1-3-12-24-16-9-5-4-8-15(16)13-20-21-19(22)14-25-18-11-7-6-10-17(18)23-2/h3-11,13H,1,12,14H2,2H3,(H,21,22)/b20-13-. The highest BCUT2D eigenvalue weighted by Gasteiger charge is 2.06. The van der Waals surface area contributed by atoms with Gasteiger partial charge in [-0.05, 0) is 24.3 Å². The molecule has 0 saturated heterocycles. The van der Waals surface area contributed by atoms with Crippen molar-refractivity contribution in [1.29, 1.82) is 0 Å². The topological polar surface area (TPSA) is 69.2 Å². The zero-order valence-electron chi connectivity index (χ0n) is 14.0. The molecule has 2 aromatic carbocycles. The Morgan fingerprint density at radius 3 is 2.48 bits per heavy atom. The quantitative estimate of drug-likeness (QED) is 0.433. The Balaban J connectivity index is 1.87. The van der Waals surface area contributed by atoms with Crippen LogP contribution in [0.4, 0.5) is 0 Å². The van der Waals surface area contributed by atoms with Crippen molar-refractivity contribution >= 4 is 12.1 Å². The van der Waals surface area contributed by atoms with Gasteiger partial charge in [0.15, 0.2) is 18.1 Å². The number of rotatable bonds is 9. The van der Waals surface area contributed by atoms with Gasteiger partial charge < -0.3 is 14.2 Å². The predicted molar refractivity (Wildman–Crippen MR) is 96.4 cm³/mol. The lowest BCUT2D eigenvalue weighted by atomic mass is 10.2. The third kappa shape index (κ3) is 5.69. The van der Waals surface area contributed by atoms with Gasteiger partial charge in [-0.2, -0.15) is 5.10 Å². The van der Waals surface area contributed by atoms with E-state index in [1.165, 1.54) is 6.21 Å². The first-order valence-corrected chi connectivity index (χ1v) is 7.65. The fourth-order valence-electron chi connectivity index (χ4n) is 1.95. The maximum Gasteiger partial charge on any atom is 0.277 e. The molecule has 1 N–H and O–H groups in total. The molecular weight excluding hydrogens is 320 g/mol. The SMILES string of the molecule is C=CCOc1ccccc1/C=N\NC(=O)COc1ccccc1OC. The summed E-state index contributed by atoms with van der Waals surface area (Å²) in [7, 11) is 1.54. The molecule has 0 spiro atoms. The van der Waals surface area contributed by atoms with E-state index in [0.29, 0.717) is 23.9 Å². The zero-order chi connectivity index (χ0) is 17.9. The second kappa shape index (κ2) is 9.77. The molecule has 130 valence electrons. The highest BCUT2D eigenvalue weighted by Crippen LogP contribution is 2.25. The van der Waals surface area contributed by atoms with E-state index >= 15 is 0 Å². The fourth-order valence-corrected chi connectivity index (χ4v) is 1.95. The van der Waals surface area contributed by atoms with Gasteiger partial charge in [0.1, 0.15) is 12.4 Å². The highest BCUT2D eigenvalue weighted by molar-refractivity contribution is 5.85. The molecule has 6 nitrogen and oxygen atoms in total. The largest absolute Gasteiger partial charge is 0.493 e. The Labute approximate surface area is 146 Å². The Kier molecular flexibility index (Phi) is 7.06. The van der Waals surface area contributed by atoms with Gasteiger partial charge in [0.2, 0.25) is 0 Å². The van der Waals surface area contributed by atoms with Crippen LogP contribution in [0.25, 0.3) is 0 Å². The smallest absolute Gasteiger partial charge is 0.277 e. The number of methoxy groups -OCH3 is 1. The van der Waals surface area contributed by atoms with Crippen molar-refractivity contribution < 1.29 is 19.0 Å². The van der Waals surface area contributed by atoms with Crippen LogP contribution in [0.15, 0.2) is 66.3 Å². The molecule has 0 radical (unpaired) electrons. The monoisotopic (exact) mass is 340 g/mol. The zero-order valence-corrected chi connectivity index (χ0v) is 14.0. The number of carbonyl (C=O) groups excluding carboxylic acids is 1. The van der Waals surface area contributed by atoms with Crippen LogP contribution < -0.4 is 19.6 Å². The van der Waals surface area contributed by atoms with Gasteiger partial charge in [-0.3, -0.25) is 4.79 Å². The first-order chi connectivity index (χ1) is 12.2. The van der Waals surface area contributed by atoms with Crippen molar-refractivity contribution in [3.8, 4) is 17.2 Å². The van der Waals surface area contributed by atoms with Crippen LogP contribution in [0, 0.1) is 0 Å². The third-order valence-corrected chi connectivity index (χ3v) is 3.10. The molecule has 2 aromatic rings. The van der Waals surface area contributed by atoms with Crippen LogP contribution in [0.1, 0.15) is 5.56 Å². The summed E-state index contributed by atoms with van der Waals surface area (Å²) in [6, 6.07) is 14.5. The van der Waals surface area contributed by atoms with Crippen molar-refractivity contribution in [2.45, 2.75) is 0 Å². The number of hydrogen-bond acceptors (Lipinski definition) is 5. The van der Waals surface area contributed by atoms with Gasteiger partial charge in [0, 0.05) is 5.56 Å². The summed E-state index contributed by atoms with van der Waals surface area (Å²) in [5, 5.41) is 3.92. The van der Waals surface area contributed by atoms with E-state index in [9.17, 15) is 4.79 Å². The number of ether oxygens (including phenoxy) is 3. The van der Waals surface area contributed by atoms with Crippen LogP contribution in [0.5, 0.6) is 17.2 Å². The lowest BCUT2D eigenvalue weighted by molar-refractivity contribution is -0.123. The molecule has 0 heterocycles. The molecular formula is C19H20N2O4. The molecule has 1 amide bonds. The van der Waals surface area contributed by atoms with E-state index in [-0.39, 0.29) is 12.5 Å². The van der Waals surface area contributed by atoms with Crippen LogP contribution in [-0.4, -0.2) is 32.4 Å². The number of nitrogens with one attached hydrogen (secondary N) is 1. The molecule has 0 aliphatic carbocycles. The van der Waals surface area contributed by atoms with Crippen molar-refractivity contribution in [1.82, 2.24) is 5.43 Å². The number of nitrogens with zero attached hydrogens (tertiary/aromatic N) is 1. The number of hydrazone groups is 1. The summed E-state index contributed by atoms with van der Waals surface area (Å²) >= 11 is 0. The van der Waals surface area contributed by atoms with Crippen molar-refractivity contribution in [3.05, 3.63) is 66.7 Å². The molecule has 0 aliphatic heterocycles. The van der Waals surface area contributed by atoms with Crippen molar-refractivity contribution in [3.63, 3.8) is 0 Å². The Morgan fingerprint density at radius 1 is 1.08 bits per heavy atom. The minimum Gasteiger partial charge on any atom is -0.493 e. The average molecular weight is 340 g/mol. The molecule has 0 unspecified atom stereocenters. The van der Waals surface area contributed by atoms with E-state index in [4.69, 9.17) is 14.2 Å². The summed E-state index contributed by atoms with van der Waals surface area (Å²) in [6.07, 6.45) is 3.17. The van der Waals surface area contributed by atoms with E-state index in [2.05, 4.69) is 17.1 Å². The van der Waals surface area contributed by atoms with Gasteiger partial charge in [0.25, 0.3) is 5.91 Å². The molecule has 0 fully saturated rings. The highest BCUT2D eigenvalue weighted by atomic mass is 16.5. The number of benzene rings is 2. The summed E-state index contributed by atoms with van der Waals surface area (Å²) < 4.78 is 16.1. The molecule has 0 aliphatic rings. The fraction of sp³-hybridized carbons (Fsp3) is 0.158. The second-order valence-electron chi connectivity index (χ2n) is 4.87. The number of amides is 1. The minimum absolute atomic E-state index is 0.174. The molecule has 0 bridgehead atoms. The Bertz CT molecular complexity index is 744. The van der Waals surface area contributed by atoms with E-state index < -0.39 is 0 Å². The average Bonchev–Trinajstić information content (AvgIpc) is 2.65. The maximum absolute atomic E-state index is 11.8. The first-order valence-electron chi connectivity index (χ1n) is 7.65. The van der Waals surface area contributed by atoms with Gasteiger partial charge in [-0.1, -0.05) is 36.9 Å². The lowest BCUT2D eigenvalue weighted by Gasteiger charge is -2.09. The summed E-state index contributed by atoms with van der Waals surface area (Å²) in [5.41, 5.74) is 3.16. The first kappa shape index (κ1) is 18.1. The maximum atomic E-state index is 11.8. The van der Waals surface area contributed by atoms with Crippen molar-refractivity contribution in [2.24, 2.45) is 5.10 Å². The van der Waals surface area contributed by atoms with Crippen LogP contribution in [-0.2, 0) is 4.79 Å². The Morgan fingerprint density at radius 2 is 1.76 bits per heavy atom. The van der Waals surface area contributed by atoms with Crippen LogP contribution in [0.2, 0.25) is 0 Å². The molecule has 6 heteroatoms. The van der Waals surface area contributed by atoms with Gasteiger partial charge in [0.05, 0.1) is 13.3 Å². The summed E-state index contributed by atoms with van der Waals surface area (Å²) in [5.74, 6) is 1.33. The van der Waals surface area contributed by atoms with Gasteiger partial charge in [-0.15, -0.1) is 0 Å². The summed E-state index contributed by atoms with van der Waals surface area (Å²) in [4.78, 5) is 11.8. The molecule has 0 atom stereocenters. The Hall–Kier alpha value is -3.28. The molecule has 25 heavy (non-hydrogen) atoms. The van der Waals surface area contributed by atoms with Crippen LogP contribution in [0.3, 0.4) is 0 Å². The van der Waals surface area contributed by atoms with Crippen molar-refractivity contribution in [2.75, 3.05) is 20.3 Å². The number of para-hydroxylation sites is 3. The third-order valence-electron chi connectivity index (χ3n) is 3.10. The van der Waals surface area contributed by atoms with Crippen LogP contribution >= 0.6 is 0 Å². The molecule has 0 saturated carbocycles.